The van der Waals surface area contributed by atoms with E-state index in [1.165, 1.54) is 0 Å². The highest BCUT2D eigenvalue weighted by Crippen LogP contribution is 2.29. The maximum atomic E-state index is 11.3. The minimum Gasteiger partial charge on any atom is -0.497 e. The van der Waals surface area contributed by atoms with Crippen molar-refractivity contribution in [3.63, 3.8) is 0 Å². The van der Waals surface area contributed by atoms with E-state index in [-0.39, 0.29) is 5.92 Å². The Hall–Kier alpha value is -1.03. The summed E-state index contributed by atoms with van der Waals surface area (Å²) in [4.78, 5) is 0. The molecule has 0 aliphatic carbocycles. The summed E-state index contributed by atoms with van der Waals surface area (Å²) in [5.41, 5.74) is 1.09. The van der Waals surface area contributed by atoms with Crippen molar-refractivity contribution in [3.05, 3.63) is 29.8 Å². The summed E-state index contributed by atoms with van der Waals surface area (Å²) < 4.78 is 27.7. The van der Waals surface area contributed by atoms with Crippen molar-refractivity contribution in [2.24, 2.45) is 0 Å². The molecule has 15 heavy (non-hydrogen) atoms. The molecule has 0 N–H and O–H groups in total. The average Bonchev–Trinajstić information content (AvgIpc) is 2.59. The first-order chi connectivity index (χ1) is 7.11. The SMILES string of the molecule is COc1ccc([C@@H]2CCS(=O)(=O)C2)cc1. The first kappa shape index (κ1) is 10.5. The zero-order valence-corrected chi connectivity index (χ0v) is 9.46. The van der Waals surface area contributed by atoms with Crippen LogP contribution in [0.15, 0.2) is 24.3 Å². The Balaban J connectivity index is 2.17. The number of ether oxygens (including phenoxy) is 1. The zero-order valence-electron chi connectivity index (χ0n) is 8.64. The van der Waals surface area contributed by atoms with E-state index >= 15 is 0 Å². The average molecular weight is 226 g/mol. The van der Waals surface area contributed by atoms with Gasteiger partial charge in [-0.2, -0.15) is 0 Å². The third kappa shape index (κ3) is 2.31. The minimum atomic E-state index is -2.79. The summed E-state index contributed by atoms with van der Waals surface area (Å²) in [6.07, 6.45) is 0.745. The van der Waals surface area contributed by atoms with Gasteiger partial charge in [0.2, 0.25) is 0 Å². The lowest BCUT2D eigenvalue weighted by Crippen LogP contribution is -2.03. The fourth-order valence-corrected chi connectivity index (χ4v) is 3.72. The molecule has 1 saturated heterocycles. The topological polar surface area (TPSA) is 43.4 Å². The van der Waals surface area contributed by atoms with E-state index in [1.807, 2.05) is 24.3 Å². The molecular weight excluding hydrogens is 212 g/mol. The van der Waals surface area contributed by atoms with Gasteiger partial charge in [-0.05, 0) is 30.0 Å². The predicted octanol–water partition coefficient (Wildman–Crippen LogP) is 1.60. The monoisotopic (exact) mass is 226 g/mol. The molecule has 0 amide bonds. The largest absolute Gasteiger partial charge is 0.497 e. The first-order valence-electron chi connectivity index (χ1n) is 4.95. The van der Waals surface area contributed by atoms with Gasteiger partial charge in [0.05, 0.1) is 18.6 Å². The molecule has 1 aromatic rings. The molecule has 1 fully saturated rings. The van der Waals surface area contributed by atoms with Gasteiger partial charge in [0.1, 0.15) is 5.75 Å². The third-order valence-corrected chi connectivity index (χ3v) is 4.59. The van der Waals surface area contributed by atoms with Gasteiger partial charge in [-0.15, -0.1) is 0 Å². The fraction of sp³-hybridized carbons (Fsp3) is 0.455. The van der Waals surface area contributed by atoms with Crippen molar-refractivity contribution in [1.82, 2.24) is 0 Å². The summed E-state index contributed by atoms with van der Waals surface area (Å²) in [6, 6.07) is 7.65. The molecule has 4 heteroatoms. The Morgan fingerprint density at radius 3 is 2.40 bits per heavy atom. The second kappa shape index (κ2) is 3.85. The lowest BCUT2D eigenvalue weighted by atomic mass is 9.99. The van der Waals surface area contributed by atoms with E-state index in [2.05, 4.69) is 0 Å². The van der Waals surface area contributed by atoms with Gasteiger partial charge in [0.15, 0.2) is 9.84 Å². The van der Waals surface area contributed by atoms with Crippen LogP contribution in [0.2, 0.25) is 0 Å². The van der Waals surface area contributed by atoms with Crippen molar-refractivity contribution in [2.75, 3.05) is 18.6 Å². The van der Waals surface area contributed by atoms with Gasteiger partial charge in [0.25, 0.3) is 0 Å². The van der Waals surface area contributed by atoms with E-state index in [0.29, 0.717) is 11.5 Å². The summed E-state index contributed by atoms with van der Waals surface area (Å²) in [6.45, 7) is 0. The molecule has 0 radical (unpaired) electrons. The maximum absolute atomic E-state index is 11.3. The number of benzene rings is 1. The normalized spacial score (nSPS) is 23.9. The molecule has 1 atom stereocenters. The molecule has 1 heterocycles. The summed E-state index contributed by atoms with van der Waals surface area (Å²) in [7, 11) is -1.17. The van der Waals surface area contributed by atoms with Gasteiger partial charge in [-0.3, -0.25) is 0 Å². The highest BCUT2D eigenvalue weighted by molar-refractivity contribution is 7.91. The van der Waals surface area contributed by atoms with Crippen LogP contribution in [-0.4, -0.2) is 27.0 Å². The molecule has 1 aromatic carbocycles. The van der Waals surface area contributed by atoms with E-state index in [1.54, 1.807) is 7.11 Å². The van der Waals surface area contributed by atoms with Crippen molar-refractivity contribution in [3.8, 4) is 5.75 Å². The Bertz CT molecular complexity index is 433. The number of rotatable bonds is 2. The summed E-state index contributed by atoms with van der Waals surface area (Å²) in [5, 5.41) is 0. The highest BCUT2D eigenvalue weighted by Gasteiger charge is 2.28. The number of hydrogen-bond donors (Lipinski definition) is 0. The van der Waals surface area contributed by atoms with Crippen LogP contribution in [0, 0.1) is 0 Å². The Kier molecular flexibility index (Phi) is 2.69. The number of methoxy groups -OCH3 is 1. The molecule has 1 aliphatic heterocycles. The predicted molar refractivity (Wildman–Crippen MR) is 59.0 cm³/mol. The fourth-order valence-electron chi connectivity index (χ4n) is 1.93. The van der Waals surface area contributed by atoms with Gasteiger partial charge < -0.3 is 4.74 Å². The molecular formula is C11H14O3S. The molecule has 2 rings (SSSR count). The van der Waals surface area contributed by atoms with Crippen LogP contribution in [0.1, 0.15) is 17.9 Å². The Morgan fingerprint density at radius 1 is 1.27 bits per heavy atom. The van der Waals surface area contributed by atoms with E-state index in [4.69, 9.17) is 4.74 Å². The second-order valence-corrected chi connectivity index (χ2v) is 6.10. The smallest absolute Gasteiger partial charge is 0.150 e. The Morgan fingerprint density at radius 2 is 1.93 bits per heavy atom. The van der Waals surface area contributed by atoms with Crippen LogP contribution in [0.25, 0.3) is 0 Å². The molecule has 0 aromatic heterocycles. The van der Waals surface area contributed by atoms with Crippen LogP contribution in [0.5, 0.6) is 5.75 Å². The van der Waals surface area contributed by atoms with Gasteiger partial charge in [-0.25, -0.2) is 8.42 Å². The van der Waals surface area contributed by atoms with Crippen molar-refractivity contribution in [1.29, 1.82) is 0 Å². The van der Waals surface area contributed by atoms with E-state index in [9.17, 15) is 8.42 Å². The zero-order chi connectivity index (χ0) is 10.9. The van der Waals surface area contributed by atoms with Gasteiger partial charge in [0, 0.05) is 0 Å². The number of sulfone groups is 1. The minimum absolute atomic E-state index is 0.168. The van der Waals surface area contributed by atoms with Crippen LogP contribution >= 0.6 is 0 Å². The molecule has 0 spiro atoms. The molecule has 1 aliphatic rings. The van der Waals surface area contributed by atoms with E-state index in [0.717, 1.165) is 17.7 Å². The second-order valence-electron chi connectivity index (χ2n) is 3.87. The molecule has 82 valence electrons. The lowest BCUT2D eigenvalue weighted by Gasteiger charge is -2.08. The maximum Gasteiger partial charge on any atom is 0.150 e. The summed E-state index contributed by atoms with van der Waals surface area (Å²) >= 11 is 0. The van der Waals surface area contributed by atoms with Crippen LogP contribution in [0.3, 0.4) is 0 Å². The molecule has 3 nitrogen and oxygen atoms in total. The summed E-state index contributed by atoms with van der Waals surface area (Å²) in [5.74, 6) is 1.59. The standard InChI is InChI=1S/C11H14O3S/c1-14-11-4-2-9(3-5-11)10-6-7-15(12,13)8-10/h2-5,10H,6-8H2,1H3/t10-/m1/s1. The van der Waals surface area contributed by atoms with E-state index < -0.39 is 9.84 Å². The first-order valence-corrected chi connectivity index (χ1v) is 6.77. The van der Waals surface area contributed by atoms with Gasteiger partial charge in [-0.1, -0.05) is 12.1 Å². The molecule has 0 saturated carbocycles. The Labute approximate surface area is 90.0 Å². The molecule has 0 unspecified atom stereocenters. The number of hydrogen-bond acceptors (Lipinski definition) is 3. The highest BCUT2D eigenvalue weighted by atomic mass is 32.2. The van der Waals surface area contributed by atoms with Crippen molar-refractivity contribution >= 4 is 9.84 Å². The third-order valence-electron chi connectivity index (χ3n) is 2.82. The van der Waals surface area contributed by atoms with Gasteiger partial charge >= 0.3 is 0 Å². The van der Waals surface area contributed by atoms with Crippen molar-refractivity contribution in [2.45, 2.75) is 12.3 Å². The lowest BCUT2D eigenvalue weighted by molar-refractivity contribution is 0.414. The molecule has 0 bridgehead atoms. The van der Waals surface area contributed by atoms with Crippen LogP contribution < -0.4 is 4.74 Å². The van der Waals surface area contributed by atoms with Crippen LogP contribution in [-0.2, 0) is 9.84 Å². The van der Waals surface area contributed by atoms with Crippen molar-refractivity contribution < 1.29 is 13.2 Å². The van der Waals surface area contributed by atoms with Crippen LogP contribution in [0.4, 0.5) is 0 Å². The quantitative estimate of drug-likeness (QED) is 0.769.